The quantitative estimate of drug-likeness (QED) is 0.604. The zero-order valence-electron chi connectivity index (χ0n) is 9.46. The third kappa shape index (κ3) is 3.80. The lowest BCUT2D eigenvalue weighted by Crippen LogP contribution is -2.51. The molecular weight excluding hydrogens is 192 g/mol. The van der Waals surface area contributed by atoms with Crippen LogP contribution < -0.4 is 11.1 Å². The van der Waals surface area contributed by atoms with Gasteiger partial charge in [0.2, 0.25) is 5.91 Å². The van der Waals surface area contributed by atoms with E-state index in [2.05, 4.69) is 5.32 Å². The second-order valence-corrected chi connectivity index (χ2v) is 4.58. The van der Waals surface area contributed by atoms with Crippen molar-refractivity contribution in [2.75, 3.05) is 6.61 Å². The SMILES string of the molecule is CCC(CCO)NC(=O)CC1(N)CCC1. The molecule has 0 heterocycles. The van der Waals surface area contributed by atoms with E-state index in [-0.39, 0.29) is 24.1 Å². The summed E-state index contributed by atoms with van der Waals surface area (Å²) in [4.78, 5) is 11.6. The molecule has 1 atom stereocenters. The van der Waals surface area contributed by atoms with Gasteiger partial charge in [-0.2, -0.15) is 0 Å². The minimum atomic E-state index is -0.248. The molecule has 0 aliphatic heterocycles. The molecule has 0 aromatic heterocycles. The molecule has 0 bridgehead atoms. The number of hydrogen-bond donors (Lipinski definition) is 3. The summed E-state index contributed by atoms with van der Waals surface area (Å²) in [6, 6.07) is 0.0891. The highest BCUT2D eigenvalue weighted by atomic mass is 16.3. The number of carbonyl (C=O) groups is 1. The van der Waals surface area contributed by atoms with E-state index in [0.717, 1.165) is 25.7 Å². The van der Waals surface area contributed by atoms with E-state index in [4.69, 9.17) is 10.8 Å². The van der Waals surface area contributed by atoms with Crippen LogP contribution in [0.3, 0.4) is 0 Å². The first-order valence-corrected chi connectivity index (χ1v) is 5.79. The number of aliphatic hydroxyl groups excluding tert-OH is 1. The van der Waals surface area contributed by atoms with Crippen LogP contribution in [0.1, 0.15) is 45.4 Å². The molecule has 4 nitrogen and oxygen atoms in total. The van der Waals surface area contributed by atoms with Crippen molar-refractivity contribution in [2.24, 2.45) is 5.73 Å². The number of rotatable bonds is 6. The third-order valence-corrected chi connectivity index (χ3v) is 3.20. The van der Waals surface area contributed by atoms with Gasteiger partial charge < -0.3 is 16.2 Å². The molecule has 1 rings (SSSR count). The maximum absolute atomic E-state index is 11.6. The van der Waals surface area contributed by atoms with Gasteiger partial charge in [0, 0.05) is 24.6 Å². The van der Waals surface area contributed by atoms with E-state index in [9.17, 15) is 4.79 Å². The minimum absolute atomic E-state index is 0.0255. The highest BCUT2D eigenvalue weighted by Gasteiger charge is 2.34. The molecule has 0 saturated heterocycles. The van der Waals surface area contributed by atoms with E-state index in [1.807, 2.05) is 6.92 Å². The Hall–Kier alpha value is -0.610. The molecule has 1 aliphatic rings. The largest absolute Gasteiger partial charge is 0.396 e. The van der Waals surface area contributed by atoms with E-state index in [1.165, 1.54) is 0 Å². The third-order valence-electron chi connectivity index (χ3n) is 3.20. The summed E-state index contributed by atoms with van der Waals surface area (Å²) in [5, 5.41) is 11.7. The monoisotopic (exact) mass is 214 g/mol. The molecule has 0 spiro atoms. The number of carbonyl (C=O) groups excluding carboxylic acids is 1. The summed E-state index contributed by atoms with van der Waals surface area (Å²) in [5.41, 5.74) is 5.74. The van der Waals surface area contributed by atoms with Crippen molar-refractivity contribution in [3.05, 3.63) is 0 Å². The average Bonchev–Trinajstić information content (AvgIpc) is 2.14. The van der Waals surface area contributed by atoms with Crippen molar-refractivity contribution in [1.29, 1.82) is 0 Å². The fraction of sp³-hybridized carbons (Fsp3) is 0.909. The van der Waals surface area contributed by atoms with Crippen LogP contribution in [0.15, 0.2) is 0 Å². The van der Waals surface area contributed by atoms with Gasteiger partial charge in [0.15, 0.2) is 0 Å². The molecule has 1 unspecified atom stereocenters. The van der Waals surface area contributed by atoms with Crippen LogP contribution in [0.2, 0.25) is 0 Å². The molecule has 88 valence electrons. The van der Waals surface area contributed by atoms with E-state index in [1.54, 1.807) is 0 Å². The zero-order chi connectivity index (χ0) is 11.3. The van der Waals surface area contributed by atoms with Gasteiger partial charge in [-0.3, -0.25) is 4.79 Å². The summed E-state index contributed by atoms with van der Waals surface area (Å²) >= 11 is 0. The summed E-state index contributed by atoms with van der Waals surface area (Å²) in [7, 11) is 0. The second-order valence-electron chi connectivity index (χ2n) is 4.58. The Morgan fingerprint density at radius 1 is 1.60 bits per heavy atom. The van der Waals surface area contributed by atoms with Gasteiger partial charge in [-0.25, -0.2) is 0 Å². The number of hydrogen-bond acceptors (Lipinski definition) is 3. The van der Waals surface area contributed by atoms with E-state index >= 15 is 0 Å². The highest BCUT2D eigenvalue weighted by molar-refractivity contribution is 5.77. The van der Waals surface area contributed by atoms with Gasteiger partial charge in [0.25, 0.3) is 0 Å². The Kier molecular flexibility index (Phi) is 4.54. The molecule has 0 aromatic rings. The van der Waals surface area contributed by atoms with Crippen molar-refractivity contribution in [2.45, 2.75) is 57.0 Å². The summed E-state index contributed by atoms with van der Waals surface area (Å²) in [6.07, 6.45) is 4.95. The number of aliphatic hydroxyl groups is 1. The minimum Gasteiger partial charge on any atom is -0.396 e. The number of nitrogens with one attached hydrogen (secondary N) is 1. The topological polar surface area (TPSA) is 75.3 Å². The Bertz CT molecular complexity index is 215. The summed E-state index contributed by atoms with van der Waals surface area (Å²) in [6.45, 7) is 2.12. The van der Waals surface area contributed by atoms with E-state index < -0.39 is 0 Å². The Labute approximate surface area is 91.2 Å². The van der Waals surface area contributed by atoms with Crippen LogP contribution in [0.25, 0.3) is 0 Å². The first-order chi connectivity index (χ1) is 7.09. The lowest BCUT2D eigenvalue weighted by Gasteiger charge is -2.37. The number of nitrogens with two attached hydrogens (primary N) is 1. The van der Waals surface area contributed by atoms with Gasteiger partial charge >= 0.3 is 0 Å². The van der Waals surface area contributed by atoms with Crippen LogP contribution in [0.5, 0.6) is 0 Å². The molecular formula is C11H22N2O2. The van der Waals surface area contributed by atoms with Crippen LogP contribution in [0, 0.1) is 0 Å². The molecule has 4 heteroatoms. The molecule has 0 aromatic carbocycles. The highest BCUT2D eigenvalue weighted by Crippen LogP contribution is 2.31. The van der Waals surface area contributed by atoms with Gasteiger partial charge in [-0.05, 0) is 32.1 Å². The van der Waals surface area contributed by atoms with Crippen molar-refractivity contribution in [3.8, 4) is 0 Å². The van der Waals surface area contributed by atoms with Crippen molar-refractivity contribution in [3.63, 3.8) is 0 Å². The predicted molar refractivity (Wildman–Crippen MR) is 59.3 cm³/mol. The Balaban J connectivity index is 2.27. The van der Waals surface area contributed by atoms with Gasteiger partial charge in [0.1, 0.15) is 0 Å². The molecule has 4 N–H and O–H groups in total. The second kappa shape index (κ2) is 5.47. The van der Waals surface area contributed by atoms with Gasteiger partial charge in [0.05, 0.1) is 0 Å². The lowest BCUT2D eigenvalue weighted by atomic mass is 9.75. The normalized spacial score (nSPS) is 20.5. The molecule has 1 aliphatic carbocycles. The summed E-state index contributed by atoms with van der Waals surface area (Å²) < 4.78 is 0. The molecule has 0 radical (unpaired) electrons. The maximum Gasteiger partial charge on any atom is 0.222 e. The van der Waals surface area contributed by atoms with Crippen LogP contribution in [-0.4, -0.2) is 29.2 Å². The Morgan fingerprint density at radius 3 is 2.67 bits per heavy atom. The molecule has 1 amide bonds. The standard InChI is InChI=1S/C11H22N2O2/c1-2-9(4-7-14)13-10(15)8-11(12)5-3-6-11/h9,14H,2-8,12H2,1H3,(H,13,15). The van der Waals surface area contributed by atoms with Crippen LogP contribution in [-0.2, 0) is 4.79 Å². The lowest BCUT2D eigenvalue weighted by molar-refractivity contribution is -0.123. The first kappa shape index (κ1) is 12.5. The summed E-state index contributed by atoms with van der Waals surface area (Å²) in [5.74, 6) is 0.0255. The predicted octanol–water partition coefficient (Wildman–Crippen LogP) is 0.535. The molecule has 1 fully saturated rings. The Morgan fingerprint density at radius 2 is 2.27 bits per heavy atom. The smallest absolute Gasteiger partial charge is 0.222 e. The fourth-order valence-electron chi connectivity index (χ4n) is 1.94. The van der Waals surface area contributed by atoms with Gasteiger partial charge in [-0.15, -0.1) is 0 Å². The van der Waals surface area contributed by atoms with E-state index in [0.29, 0.717) is 12.8 Å². The average molecular weight is 214 g/mol. The first-order valence-electron chi connectivity index (χ1n) is 5.79. The van der Waals surface area contributed by atoms with Crippen molar-refractivity contribution >= 4 is 5.91 Å². The van der Waals surface area contributed by atoms with Crippen LogP contribution in [0.4, 0.5) is 0 Å². The zero-order valence-corrected chi connectivity index (χ0v) is 9.46. The van der Waals surface area contributed by atoms with Gasteiger partial charge in [-0.1, -0.05) is 6.92 Å². The maximum atomic E-state index is 11.6. The van der Waals surface area contributed by atoms with Crippen LogP contribution >= 0.6 is 0 Å². The van der Waals surface area contributed by atoms with Crippen molar-refractivity contribution < 1.29 is 9.90 Å². The fourth-order valence-corrected chi connectivity index (χ4v) is 1.94. The molecule has 15 heavy (non-hydrogen) atoms. The molecule has 1 saturated carbocycles. The number of amides is 1. The van der Waals surface area contributed by atoms with Crippen molar-refractivity contribution in [1.82, 2.24) is 5.32 Å².